The number of para-hydroxylation sites is 1. The van der Waals surface area contributed by atoms with Crippen LogP contribution < -0.4 is 10.2 Å². The number of nitrogens with zero attached hydrogens (tertiary/aromatic N) is 5. The molecule has 0 radical (unpaired) electrons. The van der Waals surface area contributed by atoms with Gasteiger partial charge in [0, 0.05) is 11.8 Å². The van der Waals surface area contributed by atoms with Crippen LogP contribution >= 0.6 is 0 Å². The Labute approximate surface area is 213 Å². The number of benzene rings is 2. The Morgan fingerprint density at radius 1 is 0.973 bits per heavy atom. The van der Waals surface area contributed by atoms with Gasteiger partial charge in [0.25, 0.3) is 17.7 Å². The monoisotopic (exact) mass is 490 g/mol. The number of nitriles is 1. The van der Waals surface area contributed by atoms with Gasteiger partial charge in [-0.05, 0) is 54.3 Å². The number of pyridine rings is 1. The van der Waals surface area contributed by atoms with Gasteiger partial charge < -0.3 is 5.32 Å². The molecule has 0 fully saturated rings. The zero-order valence-electron chi connectivity index (χ0n) is 20.2. The van der Waals surface area contributed by atoms with Gasteiger partial charge in [0.05, 0.1) is 23.0 Å². The average Bonchev–Trinajstić information content (AvgIpc) is 3.45. The number of carbonyl (C=O) groups is 3. The highest BCUT2D eigenvalue weighted by Crippen LogP contribution is 2.34. The van der Waals surface area contributed by atoms with Crippen LogP contribution in [0.2, 0.25) is 0 Å². The summed E-state index contributed by atoms with van der Waals surface area (Å²) in [6.45, 7) is 3.95. The van der Waals surface area contributed by atoms with Gasteiger partial charge in [-0.1, -0.05) is 38.1 Å². The Morgan fingerprint density at radius 2 is 1.70 bits per heavy atom. The SMILES string of the molecule is CCc1cccc(CC)c1N1C(=O)c2ccc(C(=O)Nc3c(C#N)cnn3-c3ccccn3)cc2C1=O. The molecule has 0 unspecified atom stereocenters. The van der Waals surface area contributed by atoms with Crippen LogP contribution in [0.5, 0.6) is 0 Å². The van der Waals surface area contributed by atoms with Crippen LogP contribution in [0.25, 0.3) is 5.82 Å². The number of anilines is 2. The van der Waals surface area contributed by atoms with Gasteiger partial charge in [-0.2, -0.15) is 15.0 Å². The largest absolute Gasteiger partial charge is 0.305 e. The van der Waals surface area contributed by atoms with E-state index < -0.39 is 17.7 Å². The summed E-state index contributed by atoms with van der Waals surface area (Å²) in [6.07, 6.45) is 4.23. The first-order chi connectivity index (χ1) is 18.0. The quantitative estimate of drug-likeness (QED) is 0.402. The van der Waals surface area contributed by atoms with Crippen molar-refractivity contribution >= 4 is 29.2 Å². The number of imide groups is 1. The van der Waals surface area contributed by atoms with Gasteiger partial charge >= 0.3 is 0 Å². The maximum absolute atomic E-state index is 13.5. The third-order valence-electron chi connectivity index (χ3n) is 6.33. The number of nitrogens with one attached hydrogen (secondary N) is 1. The molecule has 2 aromatic heterocycles. The normalized spacial score (nSPS) is 12.4. The Kier molecular flexibility index (Phi) is 6.07. The van der Waals surface area contributed by atoms with E-state index in [1.807, 2.05) is 38.1 Å². The maximum atomic E-state index is 13.5. The van der Waals surface area contributed by atoms with E-state index in [1.165, 1.54) is 34.0 Å². The third kappa shape index (κ3) is 3.94. The Bertz CT molecular complexity index is 1580. The number of aromatic nitrogens is 3. The van der Waals surface area contributed by atoms with E-state index in [4.69, 9.17) is 0 Å². The van der Waals surface area contributed by atoms with Crippen molar-refractivity contribution in [2.24, 2.45) is 0 Å². The lowest BCUT2D eigenvalue weighted by atomic mass is 10.0. The zero-order chi connectivity index (χ0) is 26.1. The first-order valence-electron chi connectivity index (χ1n) is 11.8. The number of aryl methyl sites for hydroxylation is 2. The average molecular weight is 491 g/mol. The fraction of sp³-hybridized carbons (Fsp3) is 0.143. The molecule has 1 aliphatic heterocycles. The second-order valence-corrected chi connectivity index (χ2v) is 8.41. The summed E-state index contributed by atoms with van der Waals surface area (Å²) in [4.78, 5) is 45.4. The summed E-state index contributed by atoms with van der Waals surface area (Å²) < 4.78 is 1.36. The smallest absolute Gasteiger partial charge is 0.266 e. The molecule has 37 heavy (non-hydrogen) atoms. The lowest BCUT2D eigenvalue weighted by Crippen LogP contribution is -2.31. The highest BCUT2D eigenvalue weighted by molar-refractivity contribution is 6.35. The van der Waals surface area contributed by atoms with Gasteiger partial charge in [-0.15, -0.1) is 0 Å². The fourth-order valence-electron chi connectivity index (χ4n) is 4.47. The van der Waals surface area contributed by atoms with Gasteiger partial charge in [0.1, 0.15) is 11.6 Å². The predicted octanol–water partition coefficient (Wildman–Crippen LogP) is 4.32. The second kappa shape index (κ2) is 9.51. The fourth-order valence-corrected chi connectivity index (χ4v) is 4.47. The maximum Gasteiger partial charge on any atom is 0.266 e. The number of rotatable bonds is 6. The Hall–Kier alpha value is -5.10. The topological polar surface area (TPSA) is 121 Å². The first-order valence-corrected chi connectivity index (χ1v) is 11.8. The minimum Gasteiger partial charge on any atom is -0.305 e. The molecular weight excluding hydrogens is 468 g/mol. The van der Waals surface area contributed by atoms with Crippen molar-refractivity contribution in [3.05, 3.63) is 100 Å². The van der Waals surface area contributed by atoms with Crippen LogP contribution in [0.15, 0.2) is 67.0 Å². The van der Waals surface area contributed by atoms with Gasteiger partial charge in [-0.25, -0.2) is 9.88 Å². The summed E-state index contributed by atoms with van der Waals surface area (Å²) in [6, 6.07) is 17.3. The molecule has 4 aromatic rings. The zero-order valence-corrected chi connectivity index (χ0v) is 20.2. The van der Waals surface area contributed by atoms with Gasteiger partial charge in [0.2, 0.25) is 0 Å². The van der Waals surface area contributed by atoms with Crippen molar-refractivity contribution in [1.29, 1.82) is 5.26 Å². The van der Waals surface area contributed by atoms with E-state index in [-0.39, 0.29) is 28.1 Å². The molecule has 0 aliphatic carbocycles. The number of carbonyl (C=O) groups excluding carboxylic acids is 3. The van der Waals surface area contributed by atoms with Crippen LogP contribution in [0, 0.1) is 11.3 Å². The van der Waals surface area contributed by atoms with Gasteiger partial charge in [0.15, 0.2) is 11.6 Å². The first kappa shape index (κ1) is 23.6. The molecular formula is C28H22N6O3. The van der Waals surface area contributed by atoms with E-state index in [2.05, 4.69) is 15.4 Å². The molecule has 0 bridgehead atoms. The van der Waals surface area contributed by atoms with E-state index in [0.717, 1.165) is 11.1 Å². The van der Waals surface area contributed by atoms with Gasteiger partial charge in [-0.3, -0.25) is 14.4 Å². The van der Waals surface area contributed by atoms with Crippen molar-refractivity contribution < 1.29 is 14.4 Å². The molecule has 9 nitrogen and oxygen atoms in total. The van der Waals surface area contributed by atoms with E-state index in [1.54, 1.807) is 24.4 Å². The molecule has 1 N–H and O–H groups in total. The molecule has 3 amide bonds. The lowest BCUT2D eigenvalue weighted by molar-refractivity contribution is 0.0925. The number of hydrogen-bond acceptors (Lipinski definition) is 6. The van der Waals surface area contributed by atoms with Crippen LogP contribution in [0.4, 0.5) is 11.5 Å². The van der Waals surface area contributed by atoms with E-state index in [9.17, 15) is 19.6 Å². The highest BCUT2D eigenvalue weighted by Gasteiger charge is 2.39. The summed E-state index contributed by atoms with van der Waals surface area (Å²) in [5, 5.41) is 16.4. The lowest BCUT2D eigenvalue weighted by Gasteiger charge is -2.21. The summed E-state index contributed by atoms with van der Waals surface area (Å²) in [7, 11) is 0. The molecule has 0 atom stereocenters. The van der Waals surface area contributed by atoms with Crippen molar-refractivity contribution in [2.45, 2.75) is 26.7 Å². The van der Waals surface area contributed by atoms with Crippen molar-refractivity contribution in [3.63, 3.8) is 0 Å². The summed E-state index contributed by atoms with van der Waals surface area (Å²) in [5.74, 6) is -0.867. The van der Waals surface area contributed by atoms with Crippen molar-refractivity contribution in [2.75, 3.05) is 10.2 Å². The number of fused-ring (bicyclic) bond motifs is 1. The summed E-state index contributed by atoms with van der Waals surface area (Å²) in [5.41, 5.74) is 3.13. The number of amides is 3. The van der Waals surface area contributed by atoms with Crippen LogP contribution in [-0.4, -0.2) is 32.5 Å². The van der Waals surface area contributed by atoms with Crippen molar-refractivity contribution in [3.8, 4) is 11.9 Å². The van der Waals surface area contributed by atoms with Crippen LogP contribution in [0.1, 0.15) is 61.6 Å². The van der Waals surface area contributed by atoms with E-state index in [0.29, 0.717) is 24.3 Å². The predicted molar refractivity (Wildman–Crippen MR) is 137 cm³/mol. The molecule has 0 saturated heterocycles. The van der Waals surface area contributed by atoms with E-state index >= 15 is 0 Å². The van der Waals surface area contributed by atoms with Crippen LogP contribution in [0.3, 0.4) is 0 Å². The minimum absolute atomic E-state index is 0.153. The third-order valence-corrected chi connectivity index (χ3v) is 6.33. The molecule has 5 rings (SSSR count). The van der Waals surface area contributed by atoms with Crippen molar-refractivity contribution in [1.82, 2.24) is 14.8 Å². The minimum atomic E-state index is -0.557. The second-order valence-electron chi connectivity index (χ2n) is 8.41. The summed E-state index contributed by atoms with van der Waals surface area (Å²) >= 11 is 0. The molecule has 1 aliphatic rings. The standard InChI is InChI=1S/C28H22N6O3/c1-3-17-8-7-9-18(4-2)24(17)33-27(36)21-12-11-19(14-22(21)28(33)37)26(35)32-25-20(15-29)16-31-34(25)23-10-5-6-13-30-23/h5-14,16H,3-4H2,1-2H3,(H,32,35). The number of hydrogen-bond donors (Lipinski definition) is 1. The Balaban J connectivity index is 1.49. The molecule has 182 valence electrons. The molecule has 0 saturated carbocycles. The molecule has 9 heteroatoms. The molecule has 2 aromatic carbocycles. The molecule has 3 heterocycles. The highest BCUT2D eigenvalue weighted by atomic mass is 16.2. The van der Waals surface area contributed by atoms with Crippen LogP contribution in [-0.2, 0) is 12.8 Å². The Morgan fingerprint density at radius 3 is 2.35 bits per heavy atom. The molecule has 0 spiro atoms.